The van der Waals surface area contributed by atoms with Crippen molar-refractivity contribution in [2.24, 2.45) is 4.99 Å². The second-order valence-electron chi connectivity index (χ2n) is 8.08. The van der Waals surface area contributed by atoms with Gasteiger partial charge >= 0.3 is 0 Å². The molecule has 8 heteroatoms. The SMILES string of the molecule is CN=C(NCCCOC1CCCCC1)NCCCc1nn(-c2ccccc2)c(N)c1C#N. The molecule has 1 saturated carbocycles. The lowest BCUT2D eigenvalue weighted by atomic mass is 9.98. The molecule has 0 unspecified atom stereocenters. The van der Waals surface area contributed by atoms with Gasteiger partial charge in [0.25, 0.3) is 0 Å². The molecule has 172 valence electrons. The zero-order valence-corrected chi connectivity index (χ0v) is 19.0. The Morgan fingerprint density at radius 1 is 1.19 bits per heavy atom. The van der Waals surface area contributed by atoms with Crippen molar-refractivity contribution in [1.82, 2.24) is 20.4 Å². The fourth-order valence-corrected chi connectivity index (χ4v) is 3.99. The Kier molecular flexibility index (Phi) is 9.38. The van der Waals surface area contributed by atoms with E-state index in [1.165, 1.54) is 32.1 Å². The molecule has 1 aliphatic rings. The van der Waals surface area contributed by atoms with Gasteiger partial charge in [0.2, 0.25) is 0 Å². The minimum atomic E-state index is 0.384. The molecule has 0 atom stereocenters. The van der Waals surface area contributed by atoms with Crippen LogP contribution in [0.3, 0.4) is 0 Å². The Morgan fingerprint density at radius 3 is 2.59 bits per heavy atom. The number of nitriles is 1. The lowest BCUT2D eigenvalue weighted by molar-refractivity contribution is 0.0277. The fraction of sp³-hybridized carbons (Fsp3) is 0.542. The Bertz CT molecular complexity index is 895. The van der Waals surface area contributed by atoms with Gasteiger partial charge in [0.1, 0.15) is 17.5 Å². The highest BCUT2D eigenvalue weighted by Crippen LogP contribution is 2.21. The monoisotopic (exact) mass is 437 g/mol. The standard InChI is InChI=1S/C24H35N7O/c1-27-24(29-16-9-17-32-20-12-6-3-7-13-20)28-15-8-14-22-21(18-25)23(26)31(30-22)19-10-4-2-5-11-19/h2,4-5,10-11,20H,3,6-9,12-17,26H2,1H3,(H2,27,28,29). The van der Waals surface area contributed by atoms with Crippen molar-refractivity contribution < 1.29 is 4.74 Å². The van der Waals surface area contributed by atoms with Crippen molar-refractivity contribution in [3.05, 3.63) is 41.6 Å². The molecule has 1 heterocycles. The molecule has 0 aliphatic heterocycles. The van der Waals surface area contributed by atoms with Crippen LogP contribution in [0.1, 0.15) is 56.2 Å². The molecule has 2 aromatic rings. The third-order valence-electron chi connectivity index (χ3n) is 5.73. The molecule has 32 heavy (non-hydrogen) atoms. The molecule has 8 nitrogen and oxygen atoms in total. The number of ether oxygens (including phenoxy) is 1. The van der Waals surface area contributed by atoms with Crippen molar-refractivity contribution in [2.45, 2.75) is 57.5 Å². The molecule has 0 bridgehead atoms. The maximum absolute atomic E-state index is 9.53. The van der Waals surface area contributed by atoms with Crippen molar-refractivity contribution in [3.8, 4) is 11.8 Å². The van der Waals surface area contributed by atoms with Crippen LogP contribution in [0.4, 0.5) is 5.82 Å². The number of guanidine groups is 1. The van der Waals surface area contributed by atoms with Gasteiger partial charge in [-0.1, -0.05) is 37.5 Å². The van der Waals surface area contributed by atoms with E-state index in [-0.39, 0.29) is 0 Å². The van der Waals surface area contributed by atoms with Gasteiger partial charge in [-0.25, -0.2) is 4.68 Å². The first kappa shape index (κ1) is 23.6. The summed E-state index contributed by atoms with van der Waals surface area (Å²) >= 11 is 0. The molecule has 1 aromatic heterocycles. The average Bonchev–Trinajstić information content (AvgIpc) is 3.16. The Labute approximate surface area is 190 Å². The minimum absolute atomic E-state index is 0.384. The number of aliphatic imine (C=N–C) groups is 1. The van der Waals surface area contributed by atoms with E-state index < -0.39 is 0 Å². The van der Waals surface area contributed by atoms with Crippen LogP contribution < -0.4 is 16.4 Å². The van der Waals surface area contributed by atoms with Crippen molar-refractivity contribution >= 4 is 11.8 Å². The molecule has 0 spiro atoms. The van der Waals surface area contributed by atoms with Crippen LogP contribution >= 0.6 is 0 Å². The number of hydrogen-bond donors (Lipinski definition) is 3. The molecule has 1 fully saturated rings. The number of aryl methyl sites for hydroxylation is 1. The number of aromatic nitrogens is 2. The predicted octanol–water partition coefficient (Wildman–Crippen LogP) is 3.16. The van der Waals surface area contributed by atoms with E-state index in [1.807, 2.05) is 30.3 Å². The van der Waals surface area contributed by atoms with Gasteiger partial charge in [0.05, 0.1) is 17.5 Å². The molecule has 1 aromatic carbocycles. The normalized spacial score (nSPS) is 14.8. The van der Waals surface area contributed by atoms with E-state index in [4.69, 9.17) is 10.5 Å². The second-order valence-corrected chi connectivity index (χ2v) is 8.08. The summed E-state index contributed by atoms with van der Waals surface area (Å²) < 4.78 is 7.60. The highest BCUT2D eigenvalue weighted by molar-refractivity contribution is 5.79. The molecule has 0 amide bonds. The second kappa shape index (κ2) is 12.7. The van der Waals surface area contributed by atoms with E-state index >= 15 is 0 Å². The quantitative estimate of drug-likeness (QED) is 0.299. The van der Waals surface area contributed by atoms with E-state index in [0.29, 0.717) is 23.9 Å². The van der Waals surface area contributed by atoms with Crippen LogP contribution in [-0.4, -0.2) is 48.6 Å². The third-order valence-corrected chi connectivity index (χ3v) is 5.73. The number of anilines is 1. The van der Waals surface area contributed by atoms with Crippen molar-refractivity contribution in [2.75, 3.05) is 32.5 Å². The van der Waals surface area contributed by atoms with Crippen molar-refractivity contribution in [1.29, 1.82) is 5.26 Å². The number of hydrogen-bond acceptors (Lipinski definition) is 5. The Hall–Kier alpha value is -3.05. The smallest absolute Gasteiger partial charge is 0.190 e. The maximum atomic E-state index is 9.53. The van der Waals surface area contributed by atoms with Gasteiger partial charge in [-0.05, 0) is 44.2 Å². The third kappa shape index (κ3) is 6.72. The largest absolute Gasteiger partial charge is 0.382 e. The summed E-state index contributed by atoms with van der Waals surface area (Å²) in [7, 11) is 1.77. The van der Waals surface area contributed by atoms with Crippen LogP contribution in [0.2, 0.25) is 0 Å². The summed E-state index contributed by atoms with van der Waals surface area (Å²) in [5, 5.41) is 20.8. The van der Waals surface area contributed by atoms with Gasteiger partial charge < -0.3 is 21.1 Å². The van der Waals surface area contributed by atoms with Crippen LogP contribution in [0.15, 0.2) is 35.3 Å². The highest BCUT2D eigenvalue weighted by Gasteiger charge is 2.16. The van der Waals surface area contributed by atoms with E-state index in [9.17, 15) is 5.26 Å². The molecule has 4 N–H and O–H groups in total. The van der Waals surface area contributed by atoms with Crippen LogP contribution in [0, 0.1) is 11.3 Å². The molecule has 1 aliphatic carbocycles. The number of nitrogens with one attached hydrogen (secondary N) is 2. The maximum Gasteiger partial charge on any atom is 0.190 e. The van der Waals surface area contributed by atoms with Crippen LogP contribution in [0.25, 0.3) is 5.69 Å². The summed E-state index contributed by atoms with van der Waals surface area (Å²) in [5.41, 5.74) is 8.19. The minimum Gasteiger partial charge on any atom is -0.382 e. The van der Waals surface area contributed by atoms with Crippen LogP contribution in [0.5, 0.6) is 0 Å². The lowest BCUT2D eigenvalue weighted by Crippen LogP contribution is -2.38. The summed E-state index contributed by atoms with van der Waals surface area (Å²) in [5.74, 6) is 1.16. The van der Waals surface area contributed by atoms with Gasteiger partial charge in [-0.15, -0.1) is 0 Å². The first-order valence-electron chi connectivity index (χ1n) is 11.6. The van der Waals surface area contributed by atoms with E-state index in [0.717, 1.165) is 49.9 Å². The number of nitrogen functional groups attached to an aromatic ring is 1. The highest BCUT2D eigenvalue weighted by atomic mass is 16.5. The summed E-state index contributed by atoms with van der Waals surface area (Å²) in [4.78, 5) is 4.27. The number of nitrogens with two attached hydrogens (primary N) is 1. The zero-order valence-electron chi connectivity index (χ0n) is 19.0. The zero-order chi connectivity index (χ0) is 22.6. The topological polar surface area (TPSA) is 113 Å². The predicted molar refractivity (Wildman–Crippen MR) is 128 cm³/mol. The van der Waals surface area contributed by atoms with Gasteiger partial charge in [-0.3, -0.25) is 4.99 Å². The summed E-state index contributed by atoms with van der Waals surface area (Å²) in [6, 6.07) is 11.8. The number of benzene rings is 1. The number of rotatable bonds is 10. The fourth-order valence-electron chi connectivity index (χ4n) is 3.99. The lowest BCUT2D eigenvalue weighted by Gasteiger charge is -2.22. The molecule has 0 radical (unpaired) electrons. The van der Waals surface area contributed by atoms with Gasteiger partial charge in [-0.2, -0.15) is 10.4 Å². The van der Waals surface area contributed by atoms with Gasteiger partial charge in [0, 0.05) is 26.7 Å². The summed E-state index contributed by atoms with van der Waals surface area (Å²) in [6.07, 6.45) is 9.25. The number of nitrogens with zero attached hydrogens (tertiary/aromatic N) is 4. The van der Waals surface area contributed by atoms with E-state index in [1.54, 1.807) is 11.7 Å². The summed E-state index contributed by atoms with van der Waals surface area (Å²) in [6.45, 7) is 2.33. The molecular weight excluding hydrogens is 402 g/mol. The van der Waals surface area contributed by atoms with Crippen LogP contribution in [-0.2, 0) is 11.2 Å². The molecule has 3 rings (SSSR count). The molecule has 0 saturated heterocycles. The Morgan fingerprint density at radius 2 is 1.91 bits per heavy atom. The first-order valence-corrected chi connectivity index (χ1v) is 11.6. The Balaban J connectivity index is 1.38. The van der Waals surface area contributed by atoms with E-state index in [2.05, 4.69) is 26.8 Å². The average molecular weight is 438 g/mol. The first-order chi connectivity index (χ1) is 15.7. The van der Waals surface area contributed by atoms with Gasteiger partial charge in [0.15, 0.2) is 5.96 Å². The number of para-hydroxylation sites is 1. The van der Waals surface area contributed by atoms with Crippen molar-refractivity contribution in [3.63, 3.8) is 0 Å². The molecular formula is C24H35N7O.